The van der Waals surface area contributed by atoms with Crippen molar-refractivity contribution in [1.82, 2.24) is 14.5 Å². The van der Waals surface area contributed by atoms with Gasteiger partial charge in [0.2, 0.25) is 5.91 Å². The van der Waals surface area contributed by atoms with Gasteiger partial charge in [-0.2, -0.15) is 0 Å². The zero-order valence-corrected chi connectivity index (χ0v) is 16.1. The lowest BCUT2D eigenvalue weighted by atomic mass is 10.2. The van der Waals surface area contributed by atoms with Crippen LogP contribution in [-0.4, -0.2) is 52.4 Å². The minimum Gasteiger partial charge on any atom is -0.378 e. The number of amides is 1. The van der Waals surface area contributed by atoms with Crippen LogP contribution in [0.25, 0.3) is 16.6 Å². The van der Waals surface area contributed by atoms with Crippen LogP contribution < -0.4 is 5.56 Å². The summed E-state index contributed by atoms with van der Waals surface area (Å²) in [7, 11) is 0. The standard InChI is InChI=1S/C20H17F2N3O3S/c21-13-5-6-17(15(22)11-13)25-19(27)14-3-1-2-4-16(14)23-20(25)29-12-18(26)24-7-9-28-10-8-24/h1-6,11H,7-10,12H2. The monoisotopic (exact) mass is 417 g/mol. The van der Waals surface area contributed by atoms with Gasteiger partial charge in [0, 0.05) is 19.2 Å². The smallest absolute Gasteiger partial charge is 0.266 e. The summed E-state index contributed by atoms with van der Waals surface area (Å²) in [6.07, 6.45) is 0. The maximum Gasteiger partial charge on any atom is 0.266 e. The van der Waals surface area contributed by atoms with Crippen molar-refractivity contribution in [3.8, 4) is 5.69 Å². The van der Waals surface area contributed by atoms with E-state index >= 15 is 0 Å². The number of halogens is 2. The van der Waals surface area contributed by atoms with Gasteiger partial charge in [0.05, 0.1) is 35.6 Å². The SMILES string of the molecule is O=C(CSc1nc2ccccc2c(=O)n1-c1ccc(F)cc1F)N1CCOCC1. The van der Waals surface area contributed by atoms with Crippen molar-refractivity contribution < 1.29 is 18.3 Å². The van der Waals surface area contributed by atoms with E-state index in [1.165, 1.54) is 6.07 Å². The van der Waals surface area contributed by atoms with Crippen LogP contribution in [-0.2, 0) is 9.53 Å². The molecule has 9 heteroatoms. The quantitative estimate of drug-likeness (QED) is 0.482. The first-order chi connectivity index (χ1) is 14.0. The van der Waals surface area contributed by atoms with Gasteiger partial charge in [0.15, 0.2) is 5.16 Å². The number of para-hydroxylation sites is 1. The normalized spacial score (nSPS) is 14.3. The number of carbonyl (C=O) groups excluding carboxylic acids is 1. The lowest BCUT2D eigenvalue weighted by Gasteiger charge is -2.26. The lowest BCUT2D eigenvalue weighted by molar-refractivity contribution is -0.132. The molecule has 0 atom stereocenters. The van der Waals surface area contributed by atoms with Crippen molar-refractivity contribution in [3.05, 3.63) is 64.5 Å². The number of morpholine rings is 1. The topological polar surface area (TPSA) is 64.4 Å². The van der Waals surface area contributed by atoms with Gasteiger partial charge >= 0.3 is 0 Å². The van der Waals surface area contributed by atoms with E-state index in [-0.39, 0.29) is 22.5 Å². The molecule has 2 aromatic carbocycles. The van der Waals surface area contributed by atoms with Gasteiger partial charge < -0.3 is 9.64 Å². The molecule has 1 aliphatic heterocycles. The van der Waals surface area contributed by atoms with Gasteiger partial charge in [-0.3, -0.25) is 14.2 Å². The van der Waals surface area contributed by atoms with Crippen LogP contribution in [0.1, 0.15) is 0 Å². The fourth-order valence-electron chi connectivity index (χ4n) is 3.11. The number of thioether (sulfide) groups is 1. The first-order valence-corrected chi connectivity index (χ1v) is 9.98. The predicted molar refractivity (Wildman–Crippen MR) is 105 cm³/mol. The minimum atomic E-state index is -0.884. The molecule has 0 bridgehead atoms. The highest BCUT2D eigenvalue weighted by Gasteiger charge is 2.20. The molecule has 150 valence electrons. The third-order valence-corrected chi connectivity index (χ3v) is 5.51. The molecule has 3 aromatic rings. The van der Waals surface area contributed by atoms with Crippen molar-refractivity contribution in [2.45, 2.75) is 5.16 Å². The van der Waals surface area contributed by atoms with Crippen LogP contribution in [0.15, 0.2) is 52.4 Å². The molecule has 0 radical (unpaired) electrons. The maximum atomic E-state index is 14.5. The molecule has 0 spiro atoms. The molecule has 0 saturated carbocycles. The number of aromatic nitrogens is 2. The fourth-order valence-corrected chi connectivity index (χ4v) is 4.02. The van der Waals surface area contributed by atoms with Gasteiger partial charge in [-0.15, -0.1) is 0 Å². The average Bonchev–Trinajstić information content (AvgIpc) is 2.73. The summed E-state index contributed by atoms with van der Waals surface area (Å²) in [6, 6.07) is 9.68. The molecule has 0 aliphatic carbocycles. The number of rotatable bonds is 4. The molecule has 29 heavy (non-hydrogen) atoms. The van der Waals surface area contributed by atoms with E-state index in [2.05, 4.69) is 4.98 Å². The van der Waals surface area contributed by atoms with Crippen LogP contribution in [0.5, 0.6) is 0 Å². The second-order valence-corrected chi connectivity index (χ2v) is 7.37. The Morgan fingerprint density at radius 3 is 2.66 bits per heavy atom. The molecule has 0 unspecified atom stereocenters. The van der Waals surface area contributed by atoms with E-state index in [4.69, 9.17) is 4.74 Å². The first-order valence-electron chi connectivity index (χ1n) is 9.00. The number of hydrogen-bond donors (Lipinski definition) is 0. The highest BCUT2D eigenvalue weighted by atomic mass is 32.2. The summed E-state index contributed by atoms with van der Waals surface area (Å²) >= 11 is 1.04. The predicted octanol–water partition coefficient (Wildman–Crippen LogP) is 2.61. The lowest BCUT2D eigenvalue weighted by Crippen LogP contribution is -2.41. The molecule has 1 aromatic heterocycles. The minimum absolute atomic E-state index is 0.0353. The fraction of sp³-hybridized carbons (Fsp3) is 0.250. The van der Waals surface area contributed by atoms with E-state index in [1.807, 2.05) is 0 Å². The molecule has 4 rings (SSSR count). The molecule has 6 nitrogen and oxygen atoms in total. The van der Waals surface area contributed by atoms with Crippen LogP contribution >= 0.6 is 11.8 Å². The van der Waals surface area contributed by atoms with Crippen molar-refractivity contribution in [3.63, 3.8) is 0 Å². The van der Waals surface area contributed by atoms with Crippen molar-refractivity contribution in [1.29, 1.82) is 0 Å². The highest BCUT2D eigenvalue weighted by Crippen LogP contribution is 2.23. The Labute approximate surface area is 169 Å². The molecule has 1 fully saturated rings. The number of ether oxygens (including phenoxy) is 1. The third kappa shape index (κ3) is 4.01. The summed E-state index contributed by atoms with van der Waals surface area (Å²) in [5.41, 5.74) is -0.156. The zero-order chi connectivity index (χ0) is 20.4. The van der Waals surface area contributed by atoms with E-state index in [0.717, 1.165) is 22.4 Å². The summed E-state index contributed by atoms with van der Waals surface area (Å²) in [4.78, 5) is 31.7. The summed E-state index contributed by atoms with van der Waals surface area (Å²) < 4.78 is 34.2. The Hall–Kier alpha value is -2.78. The average molecular weight is 417 g/mol. The molecule has 0 N–H and O–H groups in total. The molecule has 1 aliphatic rings. The van der Waals surface area contributed by atoms with E-state index in [9.17, 15) is 18.4 Å². The van der Waals surface area contributed by atoms with E-state index in [1.54, 1.807) is 29.2 Å². The molecule has 2 heterocycles. The molecule has 1 amide bonds. The van der Waals surface area contributed by atoms with Crippen LogP contribution in [0.3, 0.4) is 0 Å². The van der Waals surface area contributed by atoms with Gasteiger partial charge in [-0.05, 0) is 24.3 Å². The Kier molecular flexibility index (Phi) is 5.59. The van der Waals surface area contributed by atoms with Crippen molar-refractivity contribution in [2.75, 3.05) is 32.1 Å². The summed E-state index contributed by atoms with van der Waals surface area (Å²) in [6.45, 7) is 1.97. The number of nitrogens with zero attached hydrogens (tertiary/aromatic N) is 3. The largest absolute Gasteiger partial charge is 0.378 e. The summed E-state index contributed by atoms with van der Waals surface area (Å²) in [5, 5.41) is 0.473. The Morgan fingerprint density at radius 2 is 1.90 bits per heavy atom. The van der Waals surface area contributed by atoms with Gasteiger partial charge in [-0.1, -0.05) is 23.9 Å². The van der Waals surface area contributed by atoms with Gasteiger partial charge in [0.1, 0.15) is 11.6 Å². The number of hydrogen-bond acceptors (Lipinski definition) is 5. The van der Waals surface area contributed by atoms with Gasteiger partial charge in [0.25, 0.3) is 5.56 Å². The van der Waals surface area contributed by atoms with E-state index in [0.29, 0.717) is 43.3 Å². The highest BCUT2D eigenvalue weighted by molar-refractivity contribution is 7.99. The van der Waals surface area contributed by atoms with Crippen LogP contribution in [0, 0.1) is 11.6 Å². The molecule has 1 saturated heterocycles. The second kappa shape index (κ2) is 8.30. The third-order valence-electron chi connectivity index (χ3n) is 4.58. The maximum absolute atomic E-state index is 14.5. The Balaban J connectivity index is 1.75. The number of carbonyl (C=O) groups is 1. The number of fused-ring (bicyclic) bond motifs is 1. The Morgan fingerprint density at radius 1 is 1.14 bits per heavy atom. The molecular formula is C20H17F2N3O3S. The van der Waals surface area contributed by atoms with Crippen molar-refractivity contribution >= 4 is 28.6 Å². The van der Waals surface area contributed by atoms with E-state index < -0.39 is 17.2 Å². The van der Waals surface area contributed by atoms with Gasteiger partial charge in [-0.25, -0.2) is 13.8 Å². The van der Waals surface area contributed by atoms with Crippen LogP contribution in [0.4, 0.5) is 8.78 Å². The van der Waals surface area contributed by atoms with Crippen LogP contribution in [0.2, 0.25) is 0 Å². The van der Waals surface area contributed by atoms with Crippen molar-refractivity contribution in [2.24, 2.45) is 0 Å². The Bertz CT molecular complexity index is 1130. The number of benzene rings is 2. The zero-order valence-electron chi connectivity index (χ0n) is 15.3. The summed E-state index contributed by atoms with van der Waals surface area (Å²) in [5.74, 6) is -1.71. The molecular weight excluding hydrogens is 400 g/mol. The first kappa shape index (κ1) is 19.5. The second-order valence-electron chi connectivity index (χ2n) is 6.43.